The standard InChI is InChI=1S/C21H33O2P3Si3/c1-27(2,3)16-11-10-13-20-17-15(12-14-23-18(17)22)21(29(7,8)9)25(26(21)24(16)20)19(20)28(4,5)6/h10-14,19H,1-9H3/t19-,20+,21+,24+,25-,26-/m0/s1. The van der Waals surface area contributed by atoms with E-state index in [2.05, 4.69) is 83.2 Å². The van der Waals surface area contributed by atoms with Crippen LogP contribution in [0.1, 0.15) is 11.1 Å². The normalized spacial score (nSPS) is 39.7. The third kappa shape index (κ3) is 2.31. The number of hydrogen-bond acceptors (Lipinski definition) is 2. The molecule has 2 saturated heterocycles. The van der Waals surface area contributed by atoms with E-state index < -0.39 is 24.2 Å². The quantitative estimate of drug-likeness (QED) is 0.317. The lowest BCUT2D eigenvalue weighted by Crippen LogP contribution is -2.57. The van der Waals surface area contributed by atoms with Crippen molar-refractivity contribution in [2.75, 3.05) is 0 Å². The molecule has 8 heteroatoms. The van der Waals surface area contributed by atoms with E-state index in [-0.39, 0.29) is 33.3 Å². The maximum absolute atomic E-state index is 13.5. The molecule has 4 aliphatic heterocycles. The number of allylic oxidation sites excluding steroid dienone is 3. The van der Waals surface area contributed by atoms with Crippen molar-refractivity contribution in [3.05, 3.63) is 57.0 Å². The van der Waals surface area contributed by atoms with Crippen molar-refractivity contribution in [1.82, 2.24) is 0 Å². The van der Waals surface area contributed by atoms with Gasteiger partial charge in [-0.1, -0.05) is 89.7 Å². The van der Waals surface area contributed by atoms with Gasteiger partial charge in [0.05, 0.1) is 41.2 Å². The van der Waals surface area contributed by atoms with Crippen LogP contribution in [0.3, 0.4) is 0 Å². The SMILES string of the molecule is C[Si](C)(C)C1=CC=C[C@@]23c4c(ccoc4=O)[C@]4([Si](C)(C)C)[P@]([P@@]4[C@H]2[Si](C)(C)C)[P@]13. The molecule has 156 valence electrons. The second-order valence-electron chi connectivity index (χ2n) is 12.1. The van der Waals surface area contributed by atoms with E-state index in [1.165, 1.54) is 5.56 Å². The fraction of sp³-hybridized carbons (Fsp3) is 0.571. The van der Waals surface area contributed by atoms with Crippen molar-refractivity contribution >= 4 is 46.7 Å². The molecule has 0 unspecified atom stereocenters. The Kier molecular flexibility index (Phi) is 4.27. The Balaban J connectivity index is 1.93. The lowest BCUT2D eigenvalue weighted by atomic mass is 9.95. The Morgan fingerprint density at radius 2 is 1.69 bits per heavy atom. The maximum atomic E-state index is 13.5. The molecule has 2 fully saturated rings. The molecule has 0 spiro atoms. The molecule has 1 aromatic heterocycles. The second-order valence-corrected chi connectivity index (χ2v) is 40.6. The van der Waals surface area contributed by atoms with Crippen LogP contribution in [-0.4, -0.2) is 29.5 Å². The highest BCUT2D eigenvalue weighted by molar-refractivity contribution is 8.77. The average molecular weight is 495 g/mol. The van der Waals surface area contributed by atoms with Crippen molar-refractivity contribution in [1.29, 1.82) is 0 Å². The molecule has 6 atom stereocenters. The van der Waals surface area contributed by atoms with Crippen LogP contribution < -0.4 is 5.63 Å². The number of rotatable bonds is 3. The van der Waals surface area contributed by atoms with Gasteiger partial charge < -0.3 is 4.42 Å². The molecule has 0 aromatic carbocycles. The highest BCUT2D eigenvalue weighted by Crippen LogP contribution is 3.27. The predicted molar refractivity (Wildman–Crippen MR) is 140 cm³/mol. The molecule has 2 nitrogen and oxygen atoms in total. The van der Waals surface area contributed by atoms with Crippen LogP contribution in [0, 0.1) is 0 Å². The average Bonchev–Trinajstić information content (AvgIpc) is 3.15. The van der Waals surface area contributed by atoms with Crippen molar-refractivity contribution in [3.63, 3.8) is 0 Å². The topological polar surface area (TPSA) is 30.2 Å². The van der Waals surface area contributed by atoms with E-state index >= 15 is 0 Å². The Labute approximate surface area is 181 Å². The maximum Gasteiger partial charge on any atom is 0.340 e. The zero-order valence-electron chi connectivity index (χ0n) is 19.1. The first kappa shape index (κ1) is 21.2. The summed E-state index contributed by atoms with van der Waals surface area (Å²) in [7, 11) is -4.73. The van der Waals surface area contributed by atoms with Crippen LogP contribution in [0.4, 0.5) is 0 Å². The van der Waals surface area contributed by atoms with Crippen LogP contribution >= 0.6 is 22.5 Å². The summed E-state index contributed by atoms with van der Waals surface area (Å²) in [5.74, 6) is 0. The van der Waals surface area contributed by atoms with E-state index in [0.29, 0.717) is 4.52 Å². The molecule has 5 rings (SSSR count). The van der Waals surface area contributed by atoms with E-state index in [1.807, 2.05) is 4.94 Å². The van der Waals surface area contributed by atoms with Crippen LogP contribution in [0.5, 0.6) is 0 Å². The lowest BCUT2D eigenvalue weighted by Gasteiger charge is -2.57. The summed E-state index contributed by atoms with van der Waals surface area (Å²) in [4.78, 5) is 15.3. The molecule has 4 aliphatic rings. The molecule has 0 saturated carbocycles. The minimum Gasteiger partial charge on any atom is -0.431 e. The van der Waals surface area contributed by atoms with Gasteiger partial charge in [-0.05, 0) is 31.8 Å². The molecule has 0 aliphatic carbocycles. The van der Waals surface area contributed by atoms with Crippen molar-refractivity contribution in [2.45, 2.75) is 73.9 Å². The minimum atomic E-state index is -1.52. The zero-order valence-corrected chi connectivity index (χ0v) is 24.8. The van der Waals surface area contributed by atoms with Crippen LogP contribution in [0.15, 0.2) is 44.7 Å². The molecule has 0 N–H and O–H groups in total. The molecular weight excluding hydrogens is 461 g/mol. The van der Waals surface area contributed by atoms with E-state index in [4.69, 9.17) is 4.42 Å². The molecule has 2 bridgehead atoms. The summed E-state index contributed by atoms with van der Waals surface area (Å²) in [6.45, 7) is 23.1. The Morgan fingerprint density at radius 3 is 2.24 bits per heavy atom. The molecule has 1 aromatic rings. The highest BCUT2D eigenvalue weighted by Gasteiger charge is 2.89. The van der Waals surface area contributed by atoms with Crippen LogP contribution in [0.25, 0.3) is 0 Å². The first-order chi connectivity index (χ1) is 13.2. The molecule has 29 heavy (non-hydrogen) atoms. The van der Waals surface area contributed by atoms with Crippen molar-refractivity contribution in [2.24, 2.45) is 0 Å². The fourth-order valence-electron chi connectivity index (χ4n) is 6.33. The molecule has 0 amide bonds. The van der Waals surface area contributed by atoms with Gasteiger partial charge in [-0.2, -0.15) is 0 Å². The fourth-order valence-corrected chi connectivity index (χ4v) is 67.8. The van der Waals surface area contributed by atoms with Gasteiger partial charge in [0.2, 0.25) is 0 Å². The van der Waals surface area contributed by atoms with Gasteiger partial charge in [-0.15, -0.1) is 0 Å². The first-order valence-corrected chi connectivity index (χ1v) is 26.7. The van der Waals surface area contributed by atoms with Crippen molar-refractivity contribution in [3.8, 4) is 0 Å². The lowest BCUT2D eigenvalue weighted by molar-refractivity contribution is 0.489. The minimum absolute atomic E-state index is 0.000152. The van der Waals surface area contributed by atoms with Gasteiger partial charge in [0.1, 0.15) is 0 Å². The van der Waals surface area contributed by atoms with Gasteiger partial charge in [-0.25, -0.2) is 4.79 Å². The van der Waals surface area contributed by atoms with Gasteiger partial charge in [0.25, 0.3) is 0 Å². The zero-order chi connectivity index (χ0) is 21.4. The third-order valence-electron chi connectivity index (χ3n) is 7.11. The molecular formula is C21H33O2P3Si3. The van der Waals surface area contributed by atoms with E-state index in [1.54, 1.807) is 6.26 Å². The smallest absolute Gasteiger partial charge is 0.340 e. The summed E-state index contributed by atoms with van der Waals surface area (Å²) in [6.07, 6.45) is 9.07. The van der Waals surface area contributed by atoms with Gasteiger partial charge in [0.15, 0.2) is 0 Å². The van der Waals surface area contributed by atoms with E-state index in [0.717, 1.165) is 10.8 Å². The highest BCUT2D eigenvalue weighted by atomic mass is 32.5. The summed E-state index contributed by atoms with van der Waals surface area (Å²) < 4.78 is 6.04. The monoisotopic (exact) mass is 494 g/mol. The van der Waals surface area contributed by atoms with E-state index in [9.17, 15) is 4.79 Å². The Morgan fingerprint density at radius 1 is 1.03 bits per heavy atom. The van der Waals surface area contributed by atoms with Crippen molar-refractivity contribution < 1.29 is 4.42 Å². The third-order valence-corrected chi connectivity index (χ3v) is 44.7. The number of fused-ring (bicyclic) bond motifs is 3. The predicted octanol–water partition coefficient (Wildman–Crippen LogP) is 7.76. The largest absolute Gasteiger partial charge is 0.431 e. The van der Waals surface area contributed by atoms with Crippen LogP contribution in [0.2, 0.25) is 58.9 Å². The summed E-state index contributed by atoms with van der Waals surface area (Å²) >= 11 is 0. The van der Waals surface area contributed by atoms with Gasteiger partial charge in [-0.3, -0.25) is 0 Å². The first-order valence-electron chi connectivity index (χ1n) is 10.6. The van der Waals surface area contributed by atoms with Gasteiger partial charge >= 0.3 is 5.63 Å². The Hall–Kier alpha value is 0.371. The molecule has 5 heterocycles. The Bertz CT molecular complexity index is 1040. The summed E-state index contributed by atoms with van der Waals surface area (Å²) in [6, 6.07) is 2.24. The molecule has 0 radical (unpaired) electrons. The summed E-state index contributed by atoms with van der Waals surface area (Å²) in [5.41, 5.74) is 2.56. The van der Waals surface area contributed by atoms with Crippen LogP contribution in [-0.2, 0) is 9.68 Å². The summed E-state index contributed by atoms with van der Waals surface area (Å²) in [5, 5.41) is 0.753. The van der Waals surface area contributed by atoms with Gasteiger partial charge in [0, 0.05) is 4.52 Å². The second kappa shape index (κ2) is 5.83. The number of hydrogen-bond donors (Lipinski definition) is 0.